The highest BCUT2D eigenvalue weighted by molar-refractivity contribution is 8.30. The molecule has 0 aliphatic heterocycles. The first kappa shape index (κ1) is 57.8. The van der Waals surface area contributed by atoms with E-state index in [2.05, 4.69) is 0 Å². The van der Waals surface area contributed by atoms with Crippen LogP contribution >= 0.6 is 22.1 Å². The molecule has 0 amide bonds. The smallest absolute Gasteiger partial charge is 0.350 e. The van der Waals surface area contributed by atoms with Crippen molar-refractivity contribution < 1.29 is 111 Å². The molecule has 0 atom stereocenters. The van der Waals surface area contributed by atoms with Gasteiger partial charge in [-0.3, -0.25) is 0 Å². The standard InChI is InChI=1S/C55H20F20O5S2/c56-30-29(31(57)33(59)34(60)32(30)58)28-26(55(76)80-82(23-12-6-2-7-13-23,24-14-8-3-9-15-24)25-18-16-22(17-19-25)81-21-10-4-1-5-11-21)20-27(77-52-44(70)38(64)35(61)39(65)45(52)71)50(78-53-46(72)40(66)36(62)41(67)47(53)73)51(28)79-54-48(74)42(68)37(63)43(69)49(54)75/h1-20H. The number of carbonyl (C=O) groups excluding carboxylic acids is 1. The van der Waals surface area contributed by atoms with Crippen molar-refractivity contribution in [1.29, 1.82) is 0 Å². The number of benzene rings is 9. The Kier molecular flexibility index (Phi) is 15.9. The van der Waals surface area contributed by atoms with E-state index in [-0.39, 0.29) is 20.8 Å². The molecule has 0 N–H and O–H groups in total. The van der Waals surface area contributed by atoms with Crippen molar-refractivity contribution in [2.45, 2.75) is 24.5 Å². The lowest BCUT2D eigenvalue weighted by atomic mass is 9.95. The van der Waals surface area contributed by atoms with Crippen molar-refractivity contribution in [2.75, 3.05) is 0 Å². The van der Waals surface area contributed by atoms with Crippen LogP contribution in [0.3, 0.4) is 0 Å². The van der Waals surface area contributed by atoms with E-state index in [1.165, 1.54) is 96.7 Å². The average Bonchev–Trinajstić information content (AvgIpc) is 3.65. The van der Waals surface area contributed by atoms with Gasteiger partial charge in [-0.25, -0.2) is 66.3 Å². The number of rotatable bonds is 14. The molecule has 0 aliphatic rings. The quantitative estimate of drug-likeness (QED) is 0.0614. The van der Waals surface area contributed by atoms with Gasteiger partial charge in [-0.1, -0.05) is 66.4 Å². The van der Waals surface area contributed by atoms with Crippen molar-refractivity contribution in [3.05, 3.63) is 243 Å². The molecule has 422 valence electrons. The maximum atomic E-state index is 16.6. The van der Waals surface area contributed by atoms with Gasteiger partial charge in [0.2, 0.25) is 116 Å². The molecule has 0 saturated carbocycles. The second-order valence-electron chi connectivity index (χ2n) is 16.3. The van der Waals surface area contributed by atoms with E-state index in [1.54, 1.807) is 30.3 Å². The zero-order chi connectivity index (χ0) is 59.4. The van der Waals surface area contributed by atoms with Crippen LogP contribution in [0.25, 0.3) is 11.1 Å². The predicted molar refractivity (Wildman–Crippen MR) is 248 cm³/mol. The Bertz CT molecular complexity index is 3890. The molecule has 0 aromatic heterocycles. The highest BCUT2D eigenvalue weighted by Crippen LogP contribution is 2.70. The van der Waals surface area contributed by atoms with Crippen LogP contribution in [-0.4, -0.2) is 5.97 Å². The first-order chi connectivity index (χ1) is 38.9. The number of carbonyl (C=O) groups is 1. The summed E-state index contributed by atoms with van der Waals surface area (Å²) in [6.07, 6.45) is 0. The molecule has 27 heteroatoms. The summed E-state index contributed by atoms with van der Waals surface area (Å²) < 4.78 is 328. The van der Waals surface area contributed by atoms with Gasteiger partial charge < -0.3 is 18.4 Å². The Labute approximate surface area is 451 Å². The summed E-state index contributed by atoms with van der Waals surface area (Å²) in [6, 6.07) is 27.3. The summed E-state index contributed by atoms with van der Waals surface area (Å²) in [4.78, 5) is 16.6. The van der Waals surface area contributed by atoms with Gasteiger partial charge in [0.1, 0.15) is 0 Å². The van der Waals surface area contributed by atoms with Crippen molar-refractivity contribution >= 4 is 28.0 Å². The van der Waals surface area contributed by atoms with E-state index in [4.69, 9.17) is 18.4 Å². The molecule has 9 aromatic rings. The summed E-state index contributed by atoms with van der Waals surface area (Å²) in [5.74, 6) is -79.7. The Morgan fingerprint density at radius 1 is 0.305 bits per heavy atom. The zero-order valence-corrected chi connectivity index (χ0v) is 41.1. The summed E-state index contributed by atoms with van der Waals surface area (Å²) in [6.45, 7) is 0. The van der Waals surface area contributed by atoms with E-state index in [9.17, 15) is 35.1 Å². The Morgan fingerprint density at radius 2 is 0.610 bits per heavy atom. The Balaban J connectivity index is 1.47. The molecule has 0 bridgehead atoms. The lowest BCUT2D eigenvalue weighted by Gasteiger charge is -2.40. The largest absolute Gasteiger partial charge is 0.447 e. The monoisotopic (exact) mass is 1200 g/mol. The number of hydrogen-bond acceptors (Lipinski definition) is 6. The lowest BCUT2D eigenvalue weighted by Crippen LogP contribution is -2.17. The fourth-order valence-corrected chi connectivity index (χ4v) is 11.6. The molecule has 9 aromatic carbocycles. The first-order valence-electron chi connectivity index (χ1n) is 22.2. The molecule has 0 saturated heterocycles. The fraction of sp³-hybridized carbons (Fsp3) is 0. The molecule has 5 nitrogen and oxygen atoms in total. The molecular weight excluding hydrogens is 1180 g/mol. The number of ether oxygens (including phenoxy) is 3. The van der Waals surface area contributed by atoms with Gasteiger partial charge in [0.15, 0.2) is 34.8 Å². The summed E-state index contributed by atoms with van der Waals surface area (Å²) >= 11 is 1.19. The van der Waals surface area contributed by atoms with Crippen LogP contribution in [0.5, 0.6) is 34.5 Å². The Morgan fingerprint density at radius 3 is 1.00 bits per heavy atom. The van der Waals surface area contributed by atoms with Crippen LogP contribution in [0.4, 0.5) is 87.8 Å². The number of halogens is 20. The van der Waals surface area contributed by atoms with Gasteiger partial charge in [0, 0.05) is 36.1 Å². The van der Waals surface area contributed by atoms with Gasteiger partial charge in [-0.2, -0.15) is 26.3 Å². The molecule has 82 heavy (non-hydrogen) atoms. The van der Waals surface area contributed by atoms with Gasteiger partial charge in [0.25, 0.3) is 0 Å². The molecule has 0 heterocycles. The minimum Gasteiger partial charge on any atom is -0.447 e. The minimum atomic E-state index is -4.00. The van der Waals surface area contributed by atoms with E-state index in [1.807, 2.05) is 0 Å². The first-order valence-corrected chi connectivity index (χ1v) is 24.6. The maximum Gasteiger partial charge on any atom is 0.350 e. The maximum absolute atomic E-state index is 16.6. The lowest BCUT2D eigenvalue weighted by molar-refractivity contribution is 0.0757. The molecule has 0 radical (unpaired) electrons. The van der Waals surface area contributed by atoms with Gasteiger partial charge >= 0.3 is 5.97 Å². The van der Waals surface area contributed by atoms with Crippen molar-refractivity contribution in [3.63, 3.8) is 0 Å². The second kappa shape index (κ2) is 22.6. The third-order valence-corrected chi connectivity index (χ3v) is 15.7. The van der Waals surface area contributed by atoms with Crippen LogP contribution in [0.1, 0.15) is 10.4 Å². The van der Waals surface area contributed by atoms with Crippen LogP contribution < -0.4 is 14.2 Å². The van der Waals surface area contributed by atoms with E-state index >= 15 is 57.5 Å². The predicted octanol–water partition coefficient (Wildman–Crippen LogP) is 18.7. The van der Waals surface area contributed by atoms with E-state index in [0.29, 0.717) is 9.79 Å². The fourth-order valence-electron chi connectivity index (χ4n) is 7.72. The van der Waals surface area contributed by atoms with Gasteiger partial charge in [-0.15, -0.1) is 0 Å². The van der Waals surface area contributed by atoms with Crippen molar-refractivity contribution in [2.24, 2.45) is 0 Å². The average molecular weight is 1200 g/mol. The van der Waals surface area contributed by atoms with E-state index < -0.39 is 184 Å². The van der Waals surface area contributed by atoms with Crippen molar-refractivity contribution in [1.82, 2.24) is 0 Å². The third-order valence-electron chi connectivity index (χ3n) is 11.5. The highest BCUT2D eigenvalue weighted by Gasteiger charge is 2.43. The summed E-state index contributed by atoms with van der Waals surface area (Å²) in [7, 11) is -4.00. The minimum absolute atomic E-state index is 0.0715. The topological polar surface area (TPSA) is 54.0 Å². The van der Waals surface area contributed by atoms with Crippen LogP contribution in [-0.2, 0) is 4.18 Å². The SMILES string of the molecule is O=C(OS(c1ccccc1)(c1ccccc1)c1ccc(Sc2ccccc2)cc1)c1cc(Oc2c(F)c(F)c(F)c(F)c2F)c(Oc2c(F)c(F)c(F)c(F)c2F)c(Oc2c(F)c(F)c(F)c(F)c2F)c1-c1c(F)c(F)c(F)c(F)c1F. The molecular formula is C55H20F20O5S2. The number of hydrogen-bond donors (Lipinski definition) is 0. The van der Waals surface area contributed by atoms with Gasteiger partial charge in [0.05, 0.1) is 11.1 Å². The van der Waals surface area contributed by atoms with Crippen LogP contribution in [0.15, 0.2) is 146 Å². The third kappa shape index (κ3) is 9.89. The molecule has 0 unspecified atom stereocenters. The molecule has 0 aliphatic carbocycles. The summed E-state index contributed by atoms with van der Waals surface area (Å²) in [5, 5.41) is 0. The van der Waals surface area contributed by atoms with Gasteiger partial charge in [-0.05, 0) is 71.0 Å². The summed E-state index contributed by atoms with van der Waals surface area (Å²) in [5.41, 5.74) is -7.14. The Hall–Kier alpha value is -8.85. The van der Waals surface area contributed by atoms with E-state index in [0.717, 1.165) is 0 Å². The molecule has 9 rings (SSSR count). The molecule has 0 fully saturated rings. The normalized spacial score (nSPS) is 11.7. The highest BCUT2D eigenvalue weighted by atomic mass is 32.3. The zero-order valence-electron chi connectivity index (χ0n) is 39.5. The van der Waals surface area contributed by atoms with Crippen LogP contribution in [0.2, 0.25) is 0 Å². The van der Waals surface area contributed by atoms with Crippen molar-refractivity contribution in [3.8, 4) is 45.6 Å². The van der Waals surface area contributed by atoms with Crippen LogP contribution in [0, 0.1) is 116 Å². The second-order valence-corrected chi connectivity index (χ2v) is 20.2. The molecule has 0 spiro atoms.